The quantitative estimate of drug-likeness (QED) is 0.724. The van der Waals surface area contributed by atoms with Crippen LogP contribution < -0.4 is 5.56 Å². The van der Waals surface area contributed by atoms with Gasteiger partial charge in [-0.1, -0.05) is 23.7 Å². The molecule has 0 bridgehead atoms. The zero-order valence-electron chi connectivity index (χ0n) is 10.0. The topological polar surface area (TPSA) is 66.0 Å². The summed E-state index contributed by atoms with van der Waals surface area (Å²) in [6, 6.07) is 7.12. The van der Waals surface area contributed by atoms with Crippen molar-refractivity contribution in [2.45, 2.75) is 0 Å². The van der Waals surface area contributed by atoms with Crippen LogP contribution in [0.15, 0.2) is 41.5 Å². The maximum absolute atomic E-state index is 13.0. The van der Waals surface area contributed by atoms with Gasteiger partial charge in [-0.3, -0.25) is 4.79 Å². The molecule has 6 heteroatoms. The molecule has 0 unspecified atom stereocenters. The molecule has 100 valence electrons. The third kappa shape index (κ3) is 1.92. The van der Waals surface area contributed by atoms with E-state index in [0.29, 0.717) is 11.1 Å². The third-order valence-corrected chi connectivity index (χ3v) is 3.38. The van der Waals surface area contributed by atoms with E-state index in [9.17, 15) is 14.3 Å². The first-order valence-electron chi connectivity index (χ1n) is 5.72. The molecule has 2 aromatic carbocycles. The molecule has 3 rings (SSSR count). The van der Waals surface area contributed by atoms with Crippen molar-refractivity contribution in [3.05, 3.63) is 57.9 Å². The van der Waals surface area contributed by atoms with E-state index in [1.165, 1.54) is 36.7 Å². The summed E-state index contributed by atoms with van der Waals surface area (Å²) in [5, 5.41) is 10.3. The Morgan fingerprint density at radius 3 is 2.65 bits per heavy atom. The van der Waals surface area contributed by atoms with Gasteiger partial charge in [0.1, 0.15) is 11.3 Å². The minimum Gasteiger partial charge on any atom is -0.504 e. The van der Waals surface area contributed by atoms with Gasteiger partial charge in [-0.15, -0.1) is 0 Å². The lowest BCUT2D eigenvalue weighted by atomic mass is 10.0. The molecule has 0 aliphatic heterocycles. The molecule has 0 fully saturated rings. The number of halogens is 2. The number of H-pyrrole nitrogens is 1. The average Bonchev–Trinajstić information content (AvgIpc) is 2.45. The second-order valence-electron chi connectivity index (χ2n) is 4.22. The number of phenolic OH excluding ortho intramolecular Hbond substituents is 1. The van der Waals surface area contributed by atoms with Crippen molar-refractivity contribution >= 4 is 22.5 Å². The van der Waals surface area contributed by atoms with Crippen LogP contribution in [0.25, 0.3) is 22.0 Å². The minimum atomic E-state index is -0.384. The van der Waals surface area contributed by atoms with E-state index in [2.05, 4.69) is 9.97 Å². The molecule has 0 saturated heterocycles. The molecule has 1 aromatic heterocycles. The van der Waals surface area contributed by atoms with Crippen molar-refractivity contribution in [2.75, 3.05) is 0 Å². The second kappa shape index (κ2) is 4.61. The van der Waals surface area contributed by atoms with Crippen LogP contribution in [0.2, 0.25) is 5.02 Å². The van der Waals surface area contributed by atoms with Crippen LogP contribution in [0, 0.1) is 5.82 Å². The van der Waals surface area contributed by atoms with Crippen LogP contribution in [0.5, 0.6) is 5.75 Å². The van der Waals surface area contributed by atoms with Gasteiger partial charge >= 0.3 is 0 Å². The predicted molar refractivity (Wildman–Crippen MR) is 74.4 cm³/mol. The molecule has 0 amide bonds. The van der Waals surface area contributed by atoms with E-state index in [1.807, 2.05) is 0 Å². The number of nitrogens with zero attached hydrogens (tertiary/aromatic N) is 1. The van der Waals surface area contributed by atoms with E-state index in [0.717, 1.165) is 0 Å². The van der Waals surface area contributed by atoms with Crippen molar-refractivity contribution in [3.63, 3.8) is 0 Å². The lowest BCUT2D eigenvalue weighted by Gasteiger charge is -2.08. The summed E-state index contributed by atoms with van der Waals surface area (Å²) in [6.07, 6.45) is 1.19. The van der Waals surface area contributed by atoms with Gasteiger partial charge in [-0.2, -0.15) is 0 Å². The number of hydrogen-bond acceptors (Lipinski definition) is 3. The van der Waals surface area contributed by atoms with Crippen LogP contribution in [0.3, 0.4) is 0 Å². The summed E-state index contributed by atoms with van der Waals surface area (Å²) in [5.74, 6) is -0.649. The van der Waals surface area contributed by atoms with Gasteiger partial charge in [-0.05, 0) is 23.8 Å². The summed E-state index contributed by atoms with van der Waals surface area (Å²) in [6.45, 7) is 0. The van der Waals surface area contributed by atoms with E-state index in [-0.39, 0.29) is 33.1 Å². The van der Waals surface area contributed by atoms with Crippen molar-refractivity contribution in [1.82, 2.24) is 9.97 Å². The third-order valence-electron chi connectivity index (χ3n) is 3.00. The van der Waals surface area contributed by atoms with E-state index in [1.54, 1.807) is 0 Å². The van der Waals surface area contributed by atoms with Gasteiger partial charge in [0.15, 0.2) is 5.75 Å². The number of benzene rings is 2. The summed E-state index contributed by atoms with van der Waals surface area (Å²) in [7, 11) is 0. The van der Waals surface area contributed by atoms with Crippen LogP contribution in [0.4, 0.5) is 4.39 Å². The summed E-state index contributed by atoms with van der Waals surface area (Å²) < 4.78 is 13.0. The van der Waals surface area contributed by atoms with Crippen LogP contribution >= 0.6 is 11.6 Å². The first kappa shape index (κ1) is 12.6. The van der Waals surface area contributed by atoms with Crippen molar-refractivity contribution < 1.29 is 9.50 Å². The Hall–Kier alpha value is -2.40. The van der Waals surface area contributed by atoms with Crippen molar-refractivity contribution in [1.29, 1.82) is 0 Å². The zero-order chi connectivity index (χ0) is 14.3. The van der Waals surface area contributed by atoms with Gasteiger partial charge in [0.25, 0.3) is 5.56 Å². The molecule has 2 N–H and O–H groups in total. The van der Waals surface area contributed by atoms with Crippen molar-refractivity contribution in [3.8, 4) is 16.9 Å². The maximum atomic E-state index is 13.0. The summed E-state index contributed by atoms with van der Waals surface area (Å²) in [4.78, 5) is 18.1. The number of hydrogen-bond donors (Lipinski definition) is 2. The van der Waals surface area contributed by atoms with Gasteiger partial charge in [-0.25, -0.2) is 9.37 Å². The lowest BCUT2D eigenvalue weighted by molar-refractivity contribution is 0.480. The zero-order valence-corrected chi connectivity index (χ0v) is 10.8. The van der Waals surface area contributed by atoms with Gasteiger partial charge < -0.3 is 10.1 Å². The highest BCUT2D eigenvalue weighted by molar-refractivity contribution is 6.36. The normalized spacial score (nSPS) is 10.9. The summed E-state index contributed by atoms with van der Waals surface area (Å²) >= 11 is 6.10. The fraction of sp³-hybridized carbons (Fsp3) is 0. The highest BCUT2D eigenvalue weighted by atomic mass is 35.5. The minimum absolute atomic E-state index is 0.0715. The Labute approximate surface area is 117 Å². The van der Waals surface area contributed by atoms with Crippen LogP contribution in [-0.4, -0.2) is 15.1 Å². The maximum Gasteiger partial charge on any atom is 0.258 e. The molecule has 1 heterocycles. The number of phenols is 1. The Kier molecular flexibility index (Phi) is 2.91. The number of nitrogens with one attached hydrogen (secondary N) is 1. The molecule has 0 aliphatic rings. The Balaban J connectivity index is 2.37. The first-order chi connectivity index (χ1) is 9.58. The molecule has 3 aromatic rings. The molecule has 4 nitrogen and oxygen atoms in total. The van der Waals surface area contributed by atoms with Gasteiger partial charge in [0.05, 0.1) is 16.7 Å². The molecule has 0 atom stereocenters. The molecular weight excluding hydrogens is 283 g/mol. The van der Waals surface area contributed by atoms with E-state index < -0.39 is 0 Å². The standard InChI is InChI=1S/C14H8ClFN2O2/c15-11-9(7-1-3-8(16)4-2-7)5-10-12(13(11)19)17-6-18-14(10)20/h1-6,19H,(H,17,18,20). The number of aromatic hydroxyl groups is 1. The molecule has 0 saturated carbocycles. The molecule has 0 aliphatic carbocycles. The highest BCUT2D eigenvalue weighted by Gasteiger charge is 2.15. The highest BCUT2D eigenvalue weighted by Crippen LogP contribution is 2.38. The smallest absolute Gasteiger partial charge is 0.258 e. The summed E-state index contributed by atoms with van der Waals surface area (Å²) in [5.41, 5.74) is 0.780. The van der Waals surface area contributed by atoms with Crippen LogP contribution in [0.1, 0.15) is 0 Å². The molecule has 0 radical (unpaired) electrons. The number of aromatic nitrogens is 2. The average molecular weight is 291 g/mol. The second-order valence-corrected chi connectivity index (χ2v) is 4.60. The van der Waals surface area contributed by atoms with Gasteiger partial charge in [0, 0.05) is 5.56 Å². The Bertz CT molecular complexity index is 859. The molecular formula is C14H8ClFN2O2. The SMILES string of the molecule is O=c1[nH]cnc2c(O)c(Cl)c(-c3ccc(F)cc3)cc12. The Morgan fingerprint density at radius 1 is 1.25 bits per heavy atom. The largest absolute Gasteiger partial charge is 0.504 e. The van der Waals surface area contributed by atoms with Crippen molar-refractivity contribution in [2.24, 2.45) is 0 Å². The lowest BCUT2D eigenvalue weighted by Crippen LogP contribution is -2.06. The van der Waals surface area contributed by atoms with E-state index >= 15 is 0 Å². The number of rotatable bonds is 1. The Morgan fingerprint density at radius 2 is 1.95 bits per heavy atom. The first-order valence-corrected chi connectivity index (χ1v) is 6.10. The predicted octanol–water partition coefficient (Wildman–Crippen LogP) is 3.09. The van der Waals surface area contributed by atoms with Gasteiger partial charge in [0.2, 0.25) is 0 Å². The van der Waals surface area contributed by atoms with E-state index in [4.69, 9.17) is 11.6 Å². The fourth-order valence-corrected chi connectivity index (χ4v) is 2.26. The molecule has 0 spiro atoms. The molecule has 20 heavy (non-hydrogen) atoms. The van der Waals surface area contributed by atoms with Crippen LogP contribution in [-0.2, 0) is 0 Å². The number of aromatic amines is 1. The monoisotopic (exact) mass is 290 g/mol. The fourth-order valence-electron chi connectivity index (χ4n) is 2.01. The number of fused-ring (bicyclic) bond motifs is 1.